The summed E-state index contributed by atoms with van der Waals surface area (Å²) in [6.45, 7) is 1.76. The minimum Gasteiger partial charge on any atom is -0.508 e. The van der Waals surface area contributed by atoms with E-state index in [0.717, 1.165) is 24.7 Å². The molecule has 0 amide bonds. The lowest BCUT2D eigenvalue weighted by Gasteiger charge is -2.13. The predicted octanol–water partition coefficient (Wildman–Crippen LogP) is 1.40. The Morgan fingerprint density at radius 3 is 2.31 bits per heavy atom. The summed E-state index contributed by atoms with van der Waals surface area (Å²) in [5, 5.41) is 9.13. The van der Waals surface area contributed by atoms with Crippen molar-refractivity contribution in [3.8, 4) is 5.75 Å². The maximum absolute atomic E-state index is 9.13. The van der Waals surface area contributed by atoms with Gasteiger partial charge in [0.25, 0.3) is 0 Å². The Morgan fingerprint density at radius 2 is 1.69 bits per heavy atom. The molecule has 1 fully saturated rings. The van der Waals surface area contributed by atoms with E-state index in [2.05, 4.69) is 0 Å². The third-order valence-corrected chi connectivity index (χ3v) is 4.38. The van der Waals surface area contributed by atoms with Gasteiger partial charge in [-0.1, -0.05) is 0 Å². The number of ether oxygens (including phenoxy) is 1. The third kappa shape index (κ3) is 2.17. The van der Waals surface area contributed by atoms with Gasteiger partial charge in [0.2, 0.25) is 0 Å². The zero-order valence-electron chi connectivity index (χ0n) is 7.40. The molecule has 1 aromatic carbocycles. The molecular weight excluding hydrogens is 184 g/mol. The van der Waals surface area contributed by atoms with Gasteiger partial charge in [-0.05, 0) is 24.3 Å². The molecule has 0 unspecified atom stereocenters. The van der Waals surface area contributed by atoms with Gasteiger partial charge < -0.3 is 9.84 Å². The molecule has 0 atom stereocenters. The van der Waals surface area contributed by atoms with Crippen LogP contribution >= 0.6 is 0 Å². The Bertz CT molecular complexity index is 265. The molecule has 3 heteroatoms. The predicted molar refractivity (Wildman–Crippen MR) is 54.3 cm³/mol. The van der Waals surface area contributed by atoms with Crippen LogP contribution in [0.25, 0.3) is 0 Å². The first-order chi connectivity index (χ1) is 6.36. The van der Waals surface area contributed by atoms with Gasteiger partial charge in [0.15, 0.2) is 4.90 Å². The molecule has 1 saturated heterocycles. The van der Waals surface area contributed by atoms with Gasteiger partial charge in [-0.3, -0.25) is 0 Å². The number of phenolic OH excluding ortho intramolecular Hbond substituents is 1. The maximum atomic E-state index is 9.13. The van der Waals surface area contributed by atoms with E-state index in [1.807, 2.05) is 12.1 Å². The first-order valence-electron chi connectivity index (χ1n) is 4.40. The summed E-state index contributed by atoms with van der Waals surface area (Å²) < 4.78 is 5.30. The number of aromatic hydroxyl groups is 1. The highest BCUT2D eigenvalue weighted by Gasteiger charge is 2.24. The summed E-state index contributed by atoms with van der Waals surface area (Å²) in [5.41, 5.74) is 0. The standard InChI is InChI=1S/C10H12O2S/c11-9-1-3-10(4-2-9)13-7-5-12-6-8-13/h1-4H,5-8H2/p+1. The second-order valence-electron chi connectivity index (χ2n) is 3.01. The quantitative estimate of drug-likeness (QED) is 0.690. The lowest BCUT2D eigenvalue weighted by Crippen LogP contribution is -2.26. The highest BCUT2D eigenvalue weighted by molar-refractivity contribution is 7.97. The van der Waals surface area contributed by atoms with Crippen LogP contribution < -0.4 is 0 Å². The molecule has 0 spiro atoms. The van der Waals surface area contributed by atoms with Crippen LogP contribution in [0.4, 0.5) is 0 Å². The highest BCUT2D eigenvalue weighted by Crippen LogP contribution is 2.19. The van der Waals surface area contributed by atoms with Gasteiger partial charge in [-0.25, -0.2) is 0 Å². The first-order valence-corrected chi connectivity index (χ1v) is 5.97. The molecule has 0 radical (unpaired) electrons. The molecule has 70 valence electrons. The van der Waals surface area contributed by atoms with Crippen LogP contribution in [0, 0.1) is 0 Å². The molecule has 13 heavy (non-hydrogen) atoms. The fourth-order valence-corrected chi connectivity index (χ4v) is 3.23. The molecule has 2 rings (SSSR count). The Balaban J connectivity index is 2.10. The molecule has 1 aliphatic heterocycles. The van der Waals surface area contributed by atoms with Gasteiger partial charge in [0.1, 0.15) is 17.3 Å². The second kappa shape index (κ2) is 4.03. The van der Waals surface area contributed by atoms with Crippen LogP contribution in [0.3, 0.4) is 0 Å². The summed E-state index contributed by atoms with van der Waals surface area (Å²) >= 11 is 0. The van der Waals surface area contributed by atoms with E-state index in [1.165, 1.54) is 4.90 Å². The molecule has 0 aliphatic carbocycles. The van der Waals surface area contributed by atoms with Crippen LogP contribution in [0.5, 0.6) is 5.75 Å². The monoisotopic (exact) mass is 197 g/mol. The van der Waals surface area contributed by atoms with Crippen LogP contribution in [0.2, 0.25) is 0 Å². The molecule has 1 aliphatic rings. The van der Waals surface area contributed by atoms with Crippen molar-refractivity contribution in [2.24, 2.45) is 0 Å². The highest BCUT2D eigenvalue weighted by atomic mass is 32.2. The summed E-state index contributed by atoms with van der Waals surface area (Å²) in [4.78, 5) is 1.35. The fourth-order valence-electron chi connectivity index (χ4n) is 1.40. The molecule has 0 saturated carbocycles. The summed E-state index contributed by atoms with van der Waals surface area (Å²) in [7, 11) is 0.348. The molecule has 0 aromatic heterocycles. The maximum Gasteiger partial charge on any atom is 0.155 e. The lowest BCUT2D eigenvalue weighted by atomic mass is 10.3. The topological polar surface area (TPSA) is 29.5 Å². The third-order valence-electron chi connectivity index (χ3n) is 2.12. The minimum absolute atomic E-state index is 0.348. The minimum atomic E-state index is 0.348. The van der Waals surface area contributed by atoms with Crippen LogP contribution in [-0.4, -0.2) is 29.8 Å². The molecule has 2 nitrogen and oxygen atoms in total. The van der Waals surface area contributed by atoms with Crippen LogP contribution in [0.15, 0.2) is 29.2 Å². The van der Waals surface area contributed by atoms with E-state index in [1.54, 1.807) is 12.1 Å². The number of phenols is 1. The van der Waals surface area contributed by atoms with Crippen molar-refractivity contribution in [3.63, 3.8) is 0 Å². The first kappa shape index (κ1) is 8.91. The summed E-state index contributed by atoms with van der Waals surface area (Å²) in [5.74, 6) is 2.61. The number of benzene rings is 1. The van der Waals surface area contributed by atoms with Crippen molar-refractivity contribution in [1.29, 1.82) is 0 Å². The van der Waals surface area contributed by atoms with E-state index < -0.39 is 0 Å². The van der Waals surface area contributed by atoms with Crippen molar-refractivity contribution in [1.82, 2.24) is 0 Å². The Kier molecular flexibility index (Phi) is 2.76. The van der Waals surface area contributed by atoms with Gasteiger partial charge in [0, 0.05) is 10.9 Å². The molecule has 1 N–H and O–H groups in total. The molecular formula is C10H13O2S+. The van der Waals surface area contributed by atoms with Crippen LogP contribution in [-0.2, 0) is 15.6 Å². The molecule has 1 aromatic rings. The van der Waals surface area contributed by atoms with E-state index in [9.17, 15) is 0 Å². The van der Waals surface area contributed by atoms with Crippen molar-refractivity contribution >= 4 is 10.9 Å². The fraction of sp³-hybridized carbons (Fsp3) is 0.400. The van der Waals surface area contributed by atoms with E-state index in [0.29, 0.717) is 16.6 Å². The number of hydrogen-bond donors (Lipinski definition) is 1. The SMILES string of the molecule is Oc1ccc([S+]2CCOCC2)cc1. The zero-order chi connectivity index (χ0) is 9.10. The average molecular weight is 197 g/mol. The number of hydrogen-bond acceptors (Lipinski definition) is 2. The van der Waals surface area contributed by atoms with Gasteiger partial charge in [-0.15, -0.1) is 0 Å². The van der Waals surface area contributed by atoms with Gasteiger partial charge in [-0.2, -0.15) is 0 Å². The summed E-state index contributed by atoms with van der Waals surface area (Å²) in [6.07, 6.45) is 0. The normalized spacial score (nSPS) is 18.8. The van der Waals surface area contributed by atoms with E-state index >= 15 is 0 Å². The Hall–Kier alpha value is -0.670. The van der Waals surface area contributed by atoms with Crippen LogP contribution in [0.1, 0.15) is 0 Å². The van der Waals surface area contributed by atoms with Gasteiger partial charge >= 0.3 is 0 Å². The van der Waals surface area contributed by atoms with Crippen molar-refractivity contribution in [2.75, 3.05) is 24.7 Å². The van der Waals surface area contributed by atoms with Crippen molar-refractivity contribution in [2.45, 2.75) is 4.90 Å². The largest absolute Gasteiger partial charge is 0.508 e. The second-order valence-corrected chi connectivity index (χ2v) is 5.28. The van der Waals surface area contributed by atoms with E-state index in [4.69, 9.17) is 9.84 Å². The molecule has 0 bridgehead atoms. The average Bonchev–Trinajstić information content (AvgIpc) is 2.20. The summed E-state index contributed by atoms with van der Waals surface area (Å²) in [6, 6.07) is 7.56. The van der Waals surface area contributed by atoms with Gasteiger partial charge in [0.05, 0.1) is 13.2 Å². The van der Waals surface area contributed by atoms with E-state index in [-0.39, 0.29) is 0 Å². The lowest BCUT2D eigenvalue weighted by molar-refractivity contribution is 0.159. The molecule has 1 heterocycles. The smallest absolute Gasteiger partial charge is 0.155 e. The zero-order valence-corrected chi connectivity index (χ0v) is 8.22. The number of rotatable bonds is 1. The Morgan fingerprint density at radius 1 is 1.08 bits per heavy atom. The van der Waals surface area contributed by atoms with Crippen molar-refractivity contribution in [3.05, 3.63) is 24.3 Å². The van der Waals surface area contributed by atoms with Crippen molar-refractivity contribution < 1.29 is 9.84 Å². The Labute approximate surface area is 80.9 Å².